The lowest BCUT2D eigenvalue weighted by atomic mass is 10.0. The summed E-state index contributed by atoms with van der Waals surface area (Å²) in [5.41, 5.74) is 1.31. The first-order valence-electron chi connectivity index (χ1n) is 8.93. The number of carboxylic acids is 1. The molecule has 0 bridgehead atoms. The zero-order valence-corrected chi connectivity index (χ0v) is 17.7. The Bertz CT molecular complexity index is 1130. The maximum atomic E-state index is 12.0. The van der Waals surface area contributed by atoms with E-state index in [1.807, 2.05) is 6.07 Å². The number of phenolic OH excluding ortho intramolecular Hbond substituents is 1. The van der Waals surface area contributed by atoms with Gasteiger partial charge in [0, 0.05) is 11.1 Å². The highest BCUT2D eigenvalue weighted by Crippen LogP contribution is 2.40. The van der Waals surface area contributed by atoms with Gasteiger partial charge >= 0.3 is 5.97 Å². The van der Waals surface area contributed by atoms with Gasteiger partial charge in [-0.2, -0.15) is 0 Å². The van der Waals surface area contributed by atoms with Crippen molar-refractivity contribution in [3.8, 4) is 34.1 Å². The average Bonchev–Trinajstić information content (AvgIpc) is 2.75. The Hall–Kier alpha value is -3.42. The van der Waals surface area contributed by atoms with Crippen molar-refractivity contribution in [2.75, 3.05) is 13.7 Å². The molecule has 0 aliphatic heterocycles. The number of methoxy groups -OCH3 is 1. The van der Waals surface area contributed by atoms with E-state index in [1.54, 1.807) is 37.4 Å². The average molecular weight is 462 g/mol. The number of benzene rings is 3. The van der Waals surface area contributed by atoms with Crippen molar-refractivity contribution < 1.29 is 29.3 Å². The molecule has 3 aromatic rings. The molecule has 0 spiro atoms. The highest BCUT2D eigenvalue weighted by molar-refractivity contribution is 6.37. The minimum atomic E-state index is -1.18. The number of carbonyl (C=O) groups excluding carboxylic acids is 1. The van der Waals surface area contributed by atoms with E-state index >= 15 is 0 Å². The monoisotopic (exact) mass is 461 g/mol. The lowest BCUT2D eigenvalue weighted by Crippen LogP contribution is -2.29. The molecule has 0 heterocycles. The van der Waals surface area contributed by atoms with Gasteiger partial charge in [0.25, 0.3) is 5.91 Å². The summed E-state index contributed by atoms with van der Waals surface area (Å²) in [6.45, 7) is -0.535. The van der Waals surface area contributed by atoms with E-state index in [4.69, 9.17) is 37.8 Å². The fraction of sp³-hybridized carbons (Fsp3) is 0.0909. The van der Waals surface area contributed by atoms with Crippen LogP contribution < -0.4 is 14.8 Å². The number of carboxylic acid groups (broad SMARTS) is 1. The number of halogens is 2. The van der Waals surface area contributed by atoms with Crippen molar-refractivity contribution in [1.29, 1.82) is 0 Å². The number of ether oxygens (including phenoxy) is 2. The molecule has 0 saturated heterocycles. The minimum Gasteiger partial charge on any atom is -0.507 e. The van der Waals surface area contributed by atoms with Crippen LogP contribution in [0.3, 0.4) is 0 Å². The molecule has 9 heteroatoms. The predicted octanol–water partition coefficient (Wildman–Crippen LogP) is 4.98. The molecule has 0 fully saturated rings. The standard InChI is InChI=1S/C22H17Cl2NO6/c1-30-14-4-2-3-12(7-14)16-10-15(5-6-19(16)26)31-21-17(23)8-13(9-18(21)24)22(29)25-11-20(27)28/h2-10,26H,11H2,1H3,(H,25,29)(H,27,28). The molecule has 1 amide bonds. The number of aromatic hydroxyl groups is 1. The Labute approximate surface area is 187 Å². The number of rotatable bonds is 7. The van der Waals surface area contributed by atoms with Crippen LogP contribution in [0.4, 0.5) is 0 Å². The molecule has 0 atom stereocenters. The number of amides is 1. The molecule has 7 nitrogen and oxygen atoms in total. The fourth-order valence-corrected chi connectivity index (χ4v) is 3.33. The van der Waals surface area contributed by atoms with Gasteiger partial charge in [0.15, 0.2) is 5.75 Å². The minimum absolute atomic E-state index is 0.0447. The van der Waals surface area contributed by atoms with Crippen LogP contribution in [0.2, 0.25) is 10.0 Å². The summed E-state index contributed by atoms with van der Waals surface area (Å²) in [5, 5.41) is 21.3. The van der Waals surface area contributed by atoms with Crippen LogP contribution in [0.25, 0.3) is 11.1 Å². The van der Waals surface area contributed by atoms with Crippen molar-refractivity contribution in [2.24, 2.45) is 0 Å². The summed E-state index contributed by atoms with van der Waals surface area (Å²) < 4.78 is 11.0. The fourth-order valence-electron chi connectivity index (χ4n) is 2.76. The number of phenols is 1. The second-order valence-electron chi connectivity index (χ2n) is 6.36. The SMILES string of the molecule is COc1cccc(-c2cc(Oc3c(Cl)cc(C(=O)NCC(=O)O)cc3Cl)ccc2O)c1. The zero-order valence-electron chi connectivity index (χ0n) is 16.2. The van der Waals surface area contributed by atoms with E-state index in [2.05, 4.69) is 5.32 Å². The van der Waals surface area contributed by atoms with Crippen LogP contribution >= 0.6 is 23.2 Å². The van der Waals surface area contributed by atoms with Gasteiger partial charge in [0.05, 0.1) is 17.2 Å². The number of hydrogen-bond donors (Lipinski definition) is 3. The number of aliphatic carboxylic acids is 1. The van der Waals surface area contributed by atoms with E-state index in [9.17, 15) is 14.7 Å². The first-order chi connectivity index (χ1) is 14.8. The van der Waals surface area contributed by atoms with Crippen molar-refractivity contribution in [2.45, 2.75) is 0 Å². The van der Waals surface area contributed by atoms with Gasteiger partial charge in [-0.15, -0.1) is 0 Å². The molecule has 0 saturated carbocycles. The molecule has 160 valence electrons. The number of hydrogen-bond acceptors (Lipinski definition) is 5. The Balaban J connectivity index is 1.89. The molecule has 3 aromatic carbocycles. The van der Waals surface area contributed by atoms with Crippen molar-refractivity contribution >= 4 is 35.1 Å². The Morgan fingerprint density at radius 3 is 2.35 bits per heavy atom. The van der Waals surface area contributed by atoms with Gasteiger partial charge in [-0.05, 0) is 48.0 Å². The maximum absolute atomic E-state index is 12.0. The summed E-state index contributed by atoms with van der Waals surface area (Å²) in [6.07, 6.45) is 0. The summed E-state index contributed by atoms with van der Waals surface area (Å²) in [6, 6.07) is 14.4. The summed E-state index contributed by atoms with van der Waals surface area (Å²) in [4.78, 5) is 22.6. The van der Waals surface area contributed by atoms with Gasteiger partial charge in [-0.1, -0.05) is 35.3 Å². The molecular formula is C22H17Cl2NO6. The van der Waals surface area contributed by atoms with Crippen molar-refractivity contribution in [3.05, 3.63) is 70.2 Å². The van der Waals surface area contributed by atoms with E-state index < -0.39 is 18.4 Å². The molecule has 0 aromatic heterocycles. The van der Waals surface area contributed by atoms with Gasteiger partial charge < -0.3 is 25.0 Å². The molecule has 0 unspecified atom stereocenters. The summed E-state index contributed by atoms with van der Waals surface area (Å²) in [5.74, 6) is -0.676. The molecule has 0 radical (unpaired) electrons. The molecule has 31 heavy (non-hydrogen) atoms. The first kappa shape index (κ1) is 22.3. The molecule has 3 rings (SSSR count). The quantitative estimate of drug-likeness (QED) is 0.458. The predicted molar refractivity (Wildman–Crippen MR) is 117 cm³/mol. The van der Waals surface area contributed by atoms with Crippen LogP contribution in [0.1, 0.15) is 10.4 Å². The van der Waals surface area contributed by atoms with E-state index in [-0.39, 0.29) is 27.1 Å². The second kappa shape index (κ2) is 9.59. The first-order valence-corrected chi connectivity index (χ1v) is 9.68. The van der Waals surface area contributed by atoms with Crippen LogP contribution in [0.5, 0.6) is 23.0 Å². The largest absolute Gasteiger partial charge is 0.507 e. The second-order valence-corrected chi connectivity index (χ2v) is 7.17. The zero-order chi connectivity index (χ0) is 22.5. The van der Waals surface area contributed by atoms with E-state index in [1.165, 1.54) is 18.2 Å². The Morgan fingerprint density at radius 2 is 1.71 bits per heavy atom. The highest BCUT2D eigenvalue weighted by atomic mass is 35.5. The van der Waals surface area contributed by atoms with Crippen molar-refractivity contribution in [1.82, 2.24) is 5.32 Å². The number of carbonyl (C=O) groups is 2. The highest BCUT2D eigenvalue weighted by Gasteiger charge is 2.16. The lowest BCUT2D eigenvalue weighted by Gasteiger charge is -2.13. The molecule has 0 aliphatic rings. The van der Waals surface area contributed by atoms with E-state index in [0.717, 1.165) is 0 Å². The van der Waals surface area contributed by atoms with E-state index in [0.29, 0.717) is 22.6 Å². The van der Waals surface area contributed by atoms with Gasteiger partial charge in [-0.25, -0.2) is 0 Å². The van der Waals surface area contributed by atoms with Crippen LogP contribution in [0.15, 0.2) is 54.6 Å². The summed E-state index contributed by atoms with van der Waals surface area (Å²) in [7, 11) is 1.55. The maximum Gasteiger partial charge on any atom is 0.322 e. The number of nitrogens with one attached hydrogen (secondary N) is 1. The normalized spacial score (nSPS) is 10.4. The smallest absolute Gasteiger partial charge is 0.322 e. The van der Waals surface area contributed by atoms with Gasteiger partial charge in [0.1, 0.15) is 23.8 Å². The third-order valence-corrected chi connectivity index (χ3v) is 4.79. The van der Waals surface area contributed by atoms with Crippen LogP contribution in [-0.2, 0) is 4.79 Å². The molecule has 0 aliphatic carbocycles. The third kappa shape index (κ3) is 5.39. The Kier molecular flexibility index (Phi) is 6.89. The van der Waals surface area contributed by atoms with Crippen molar-refractivity contribution in [3.63, 3.8) is 0 Å². The van der Waals surface area contributed by atoms with Gasteiger partial charge in [0.2, 0.25) is 0 Å². The Morgan fingerprint density at radius 1 is 1.00 bits per heavy atom. The van der Waals surface area contributed by atoms with Gasteiger partial charge in [-0.3, -0.25) is 9.59 Å². The van der Waals surface area contributed by atoms with Crippen LogP contribution in [0, 0.1) is 0 Å². The lowest BCUT2D eigenvalue weighted by molar-refractivity contribution is -0.135. The van der Waals surface area contributed by atoms with Crippen LogP contribution in [-0.4, -0.2) is 35.7 Å². The molecule has 3 N–H and O–H groups in total. The third-order valence-electron chi connectivity index (χ3n) is 4.23. The topological polar surface area (TPSA) is 105 Å². The summed E-state index contributed by atoms with van der Waals surface area (Å²) >= 11 is 12.5. The molecular weight excluding hydrogens is 445 g/mol.